The number of hydrogen-bond donors (Lipinski definition) is 0. The van der Waals surface area contributed by atoms with Crippen LogP contribution in [0.3, 0.4) is 0 Å². The Morgan fingerprint density at radius 3 is 1.28 bits per heavy atom. The molecular weight excluding hydrogens is 524 g/mol. The van der Waals surface area contributed by atoms with E-state index in [-0.39, 0.29) is 5.78 Å². The molecule has 0 aliphatic heterocycles. The molecule has 152 valence electrons. The van der Waals surface area contributed by atoms with E-state index in [9.17, 15) is 4.79 Å². The SMILES string of the molecule is O=C1C(c2ccccc2)=c2c(c3cc(Br)ccc3c3ccc(Br)cc23)=C1c1ccccc1. The lowest BCUT2D eigenvalue weighted by Crippen LogP contribution is -2.27. The van der Waals surface area contributed by atoms with Crippen molar-refractivity contribution in [3.8, 4) is 0 Å². The maximum Gasteiger partial charge on any atom is 0.195 e. The van der Waals surface area contributed by atoms with E-state index in [0.29, 0.717) is 0 Å². The van der Waals surface area contributed by atoms with Crippen LogP contribution in [0.15, 0.2) is 106 Å². The fourth-order valence-corrected chi connectivity index (χ4v) is 5.54. The Hall–Kier alpha value is -3.01. The van der Waals surface area contributed by atoms with Crippen molar-refractivity contribution in [1.82, 2.24) is 0 Å². The van der Waals surface area contributed by atoms with E-state index in [0.717, 1.165) is 63.2 Å². The molecule has 0 heterocycles. The predicted molar refractivity (Wildman–Crippen MR) is 139 cm³/mol. The summed E-state index contributed by atoms with van der Waals surface area (Å²) in [7, 11) is 0. The van der Waals surface area contributed by atoms with Gasteiger partial charge in [0.25, 0.3) is 0 Å². The van der Waals surface area contributed by atoms with Crippen molar-refractivity contribution >= 4 is 70.3 Å². The Kier molecular flexibility index (Phi) is 4.63. The number of fused-ring (bicyclic) bond motifs is 6. The van der Waals surface area contributed by atoms with Crippen LogP contribution in [0.4, 0.5) is 0 Å². The molecule has 0 atom stereocenters. The largest absolute Gasteiger partial charge is 0.289 e. The standard InChI is InChI=1S/C29H16Br2O/c30-19-11-13-21-22-14-12-20(31)16-24(22)28-26(18-9-5-2-6-10-18)29(32)25(27(28)23(21)15-19)17-7-3-1-4-8-17/h1-16H. The van der Waals surface area contributed by atoms with Gasteiger partial charge in [-0.2, -0.15) is 0 Å². The lowest BCUT2D eigenvalue weighted by molar-refractivity contribution is -0.108. The van der Waals surface area contributed by atoms with Gasteiger partial charge >= 0.3 is 0 Å². The van der Waals surface area contributed by atoms with Gasteiger partial charge in [-0.05, 0) is 56.9 Å². The molecule has 1 aliphatic carbocycles. The van der Waals surface area contributed by atoms with Gasteiger partial charge in [-0.15, -0.1) is 0 Å². The highest BCUT2D eigenvalue weighted by atomic mass is 79.9. The van der Waals surface area contributed by atoms with Gasteiger partial charge in [-0.3, -0.25) is 4.79 Å². The molecule has 6 rings (SSSR count). The summed E-state index contributed by atoms with van der Waals surface area (Å²) >= 11 is 7.32. The summed E-state index contributed by atoms with van der Waals surface area (Å²) < 4.78 is 1.99. The summed E-state index contributed by atoms with van der Waals surface area (Å²) in [4.78, 5) is 14.1. The first-order chi connectivity index (χ1) is 15.6. The molecule has 0 saturated carbocycles. The van der Waals surface area contributed by atoms with E-state index >= 15 is 0 Å². The van der Waals surface area contributed by atoms with Crippen LogP contribution >= 0.6 is 31.9 Å². The van der Waals surface area contributed by atoms with Crippen molar-refractivity contribution in [2.24, 2.45) is 0 Å². The number of carbonyl (C=O) groups excluding carboxylic acids is 1. The lowest BCUT2D eigenvalue weighted by Gasteiger charge is -2.09. The fraction of sp³-hybridized carbons (Fsp3) is 0. The third-order valence-corrected chi connectivity index (χ3v) is 7.11. The van der Waals surface area contributed by atoms with Crippen molar-refractivity contribution in [3.63, 3.8) is 0 Å². The van der Waals surface area contributed by atoms with E-state index in [2.05, 4.69) is 68.3 Å². The number of ketones is 1. The predicted octanol–water partition coefficient (Wildman–Crippen LogP) is 6.50. The normalized spacial score (nSPS) is 13.2. The van der Waals surface area contributed by atoms with Crippen molar-refractivity contribution < 1.29 is 4.79 Å². The summed E-state index contributed by atoms with van der Waals surface area (Å²) in [6.07, 6.45) is 0. The first kappa shape index (κ1) is 19.7. The van der Waals surface area contributed by atoms with Crippen molar-refractivity contribution in [1.29, 1.82) is 0 Å². The van der Waals surface area contributed by atoms with E-state index in [1.807, 2.05) is 60.7 Å². The van der Waals surface area contributed by atoms with Gasteiger partial charge in [0.05, 0.1) is 0 Å². The quantitative estimate of drug-likeness (QED) is 0.234. The van der Waals surface area contributed by atoms with Crippen LogP contribution in [0.1, 0.15) is 11.1 Å². The van der Waals surface area contributed by atoms with Crippen molar-refractivity contribution in [2.45, 2.75) is 0 Å². The molecule has 0 fully saturated rings. The Morgan fingerprint density at radius 1 is 0.469 bits per heavy atom. The molecular formula is C29H16Br2O. The smallest absolute Gasteiger partial charge is 0.195 e. The Labute approximate surface area is 202 Å². The van der Waals surface area contributed by atoms with Gasteiger partial charge in [0.1, 0.15) is 0 Å². The zero-order valence-electron chi connectivity index (χ0n) is 16.9. The number of rotatable bonds is 2. The molecule has 3 heteroatoms. The van der Waals surface area contributed by atoms with E-state index < -0.39 is 0 Å². The van der Waals surface area contributed by atoms with Gasteiger partial charge in [0.2, 0.25) is 0 Å². The first-order valence-corrected chi connectivity index (χ1v) is 12.0. The van der Waals surface area contributed by atoms with E-state index in [4.69, 9.17) is 0 Å². The molecule has 1 aliphatic rings. The highest BCUT2D eigenvalue weighted by Gasteiger charge is 2.28. The summed E-state index contributed by atoms with van der Waals surface area (Å²) in [5.74, 6) is 0.0751. The number of hydrogen-bond acceptors (Lipinski definition) is 1. The van der Waals surface area contributed by atoms with Crippen LogP contribution in [0.2, 0.25) is 0 Å². The minimum atomic E-state index is 0.0751. The van der Waals surface area contributed by atoms with Gasteiger partial charge in [0, 0.05) is 30.5 Å². The van der Waals surface area contributed by atoms with E-state index in [1.54, 1.807) is 0 Å². The van der Waals surface area contributed by atoms with Crippen LogP contribution in [0.5, 0.6) is 0 Å². The highest BCUT2D eigenvalue weighted by Crippen LogP contribution is 2.31. The highest BCUT2D eigenvalue weighted by molar-refractivity contribution is 9.10. The van der Waals surface area contributed by atoms with Crippen LogP contribution in [0, 0.1) is 0 Å². The van der Waals surface area contributed by atoms with Crippen molar-refractivity contribution in [2.75, 3.05) is 0 Å². The molecule has 5 aromatic rings. The monoisotopic (exact) mass is 538 g/mol. The van der Waals surface area contributed by atoms with Crippen LogP contribution in [-0.4, -0.2) is 5.78 Å². The Bertz CT molecular complexity index is 1560. The van der Waals surface area contributed by atoms with Gasteiger partial charge in [-0.1, -0.05) is 105 Å². The first-order valence-electron chi connectivity index (χ1n) is 10.4. The molecule has 32 heavy (non-hydrogen) atoms. The zero-order valence-corrected chi connectivity index (χ0v) is 20.1. The molecule has 0 bridgehead atoms. The molecule has 1 nitrogen and oxygen atoms in total. The third kappa shape index (κ3) is 2.92. The maximum atomic E-state index is 14.1. The Balaban J connectivity index is 1.99. The summed E-state index contributed by atoms with van der Waals surface area (Å²) in [5.41, 5.74) is 3.43. The summed E-state index contributed by atoms with van der Waals surface area (Å²) in [6, 6.07) is 32.7. The minimum absolute atomic E-state index is 0.0751. The summed E-state index contributed by atoms with van der Waals surface area (Å²) in [5, 5.41) is 6.49. The van der Waals surface area contributed by atoms with Crippen LogP contribution < -0.4 is 10.4 Å². The molecule has 0 radical (unpaired) electrons. The molecule has 0 amide bonds. The Morgan fingerprint density at radius 2 is 0.875 bits per heavy atom. The minimum Gasteiger partial charge on any atom is -0.289 e. The fourth-order valence-electron chi connectivity index (χ4n) is 4.82. The van der Waals surface area contributed by atoms with Gasteiger partial charge in [-0.25, -0.2) is 0 Å². The maximum absolute atomic E-state index is 14.1. The molecule has 0 saturated heterocycles. The average molecular weight is 540 g/mol. The average Bonchev–Trinajstić information content (AvgIpc) is 3.13. The molecule has 0 spiro atoms. The summed E-state index contributed by atoms with van der Waals surface area (Å²) in [6.45, 7) is 0. The number of Topliss-reactive ketones (excluding diaryl/α,β-unsaturated/α-hetero) is 1. The molecule has 5 aromatic carbocycles. The zero-order chi connectivity index (χ0) is 21.8. The second-order valence-electron chi connectivity index (χ2n) is 7.94. The lowest BCUT2D eigenvalue weighted by atomic mass is 9.95. The second kappa shape index (κ2) is 7.54. The molecule has 0 aromatic heterocycles. The van der Waals surface area contributed by atoms with Crippen LogP contribution in [-0.2, 0) is 4.79 Å². The number of carbonyl (C=O) groups is 1. The number of halogens is 2. The van der Waals surface area contributed by atoms with E-state index in [1.165, 1.54) is 0 Å². The molecule has 0 N–H and O–H groups in total. The van der Waals surface area contributed by atoms with Gasteiger partial charge in [0.15, 0.2) is 5.78 Å². The molecule has 0 unspecified atom stereocenters. The topological polar surface area (TPSA) is 17.1 Å². The second-order valence-corrected chi connectivity index (χ2v) is 9.77. The van der Waals surface area contributed by atoms with Crippen molar-refractivity contribution in [3.05, 3.63) is 128 Å². The van der Waals surface area contributed by atoms with Crippen LogP contribution in [0.25, 0.3) is 32.7 Å². The number of benzene rings is 5. The van der Waals surface area contributed by atoms with Gasteiger partial charge < -0.3 is 0 Å². The third-order valence-electron chi connectivity index (χ3n) is 6.12.